The molecular weight excluding hydrogens is 385 g/mol. The molecule has 0 spiro atoms. The largest absolute Gasteiger partial charge is 0.467 e. The first-order chi connectivity index (χ1) is 14.4. The van der Waals surface area contributed by atoms with E-state index in [0.717, 1.165) is 11.1 Å². The molecule has 2 aromatic rings. The fourth-order valence-electron chi connectivity index (χ4n) is 4.08. The third-order valence-electron chi connectivity index (χ3n) is 5.53. The molecule has 6 heteroatoms. The summed E-state index contributed by atoms with van der Waals surface area (Å²) in [6.45, 7) is 0.113. The summed E-state index contributed by atoms with van der Waals surface area (Å²) in [5.74, 6) is -1.41. The van der Waals surface area contributed by atoms with Crippen molar-refractivity contribution < 1.29 is 23.5 Å². The molecule has 30 heavy (non-hydrogen) atoms. The monoisotopic (exact) mass is 405 g/mol. The Labute approximate surface area is 173 Å². The summed E-state index contributed by atoms with van der Waals surface area (Å²) in [6, 6.07) is 14.4. The zero-order chi connectivity index (χ0) is 21.3. The number of fused-ring (bicyclic) bond motifs is 1. The van der Waals surface area contributed by atoms with Crippen LogP contribution in [-0.2, 0) is 20.7 Å². The number of carbonyl (C=O) groups excluding carboxylic acids is 3. The average Bonchev–Trinajstić information content (AvgIpc) is 3.12. The summed E-state index contributed by atoms with van der Waals surface area (Å²) in [4.78, 5) is 40.1. The SMILES string of the molecule is COC(=O)C1(Cc2ccc(F)cc2)C=C2CC(=O)C=C2CN1C(=O)c1ccccc1. The smallest absolute Gasteiger partial charge is 0.336 e. The van der Waals surface area contributed by atoms with E-state index >= 15 is 0 Å². The summed E-state index contributed by atoms with van der Waals surface area (Å²) >= 11 is 0. The lowest BCUT2D eigenvalue weighted by atomic mass is 9.81. The maximum atomic E-state index is 13.5. The molecule has 1 amide bonds. The number of hydrogen-bond acceptors (Lipinski definition) is 4. The molecule has 5 nitrogen and oxygen atoms in total. The molecule has 0 bridgehead atoms. The second kappa shape index (κ2) is 7.71. The third kappa shape index (κ3) is 3.45. The molecule has 0 saturated heterocycles. The van der Waals surface area contributed by atoms with Crippen LogP contribution in [0.4, 0.5) is 4.39 Å². The molecule has 0 radical (unpaired) electrons. The number of allylic oxidation sites excluding steroid dienone is 1. The van der Waals surface area contributed by atoms with Crippen molar-refractivity contribution >= 4 is 17.7 Å². The standard InChI is InChI=1S/C24H20FNO4/c1-30-23(29)24(13-16-7-9-20(25)10-8-16)14-18-11-21(27)12-19(18)15-26(24)22(28)17-5-3-2-4-6-17/h2-10,12,14H,11,13,15H2,1H3. The van der Waals surface area contributed by atoms with Gasteiger partial charge in [-0.3, -0.25) is 9.59 Å². The van der Waals surface area contributed by atoms with Crippen LogP contribution in [0.3, 0.4) is 0 Å². The Morgan fingerprint density at radius 2 is 1.77 bits per heavy atom. The van der Waals surface area contributed by atoms with E-state index in [0.29, 0.717) is 11.1 Å². The summed E-state index contributed by atoms with van der Waals surface area (Å²) < 4.78 is 18.5. The van der Waals surface area contributed by atoms with Crippen LogP contribution in [0.1, 0.15) is 22.3 Å². The molecule has 4 rings (SSSR count). The van der Waals surface area contributed by atoms with Crippen LogP contribution in [0.2, 0.25) is 0 Å². The van der Waals surface area contributed by atoms with Gasteiger partial charge in [-0.2, -0.15) is 0 Å². The van der Waals surface area contributed by atoms with Gasteiger partial charge in [-0.05, 0) is 53.1 Å². The number of carbonyl (C=O) groups is 3. The third-order valence-corrected chi connectivity index (χ3v) is 5.53. The second-order valence-corrected chi connectivity index (χ2v) is 7.46. The molecular formula is C24H20FNO4. The number of esters is 1. The van der Waals surface area contributed by atoms with E-state index in [1.807, 2.05) is 0 Å². The predicted octanol–water partition coefficient (Wildman–Crippen LogP) is 3.26. The first-order valence-electron chi connectivity index (χ1n) is 9.58. The highest BCUT2D eigenvalue weighted by Gasteiger charge is 2.50. The Kier molecular flexibility index (Phi) is 5.08. The molecule has 1 unspecified atom stereocenters. The van der Waals surface area contributed by atoms with Gasteiger partial charge < -0.3 is 9.64 Å². The maximum Gasteiger partial charge on any atom is 0.336 e. The quantitative estimate of drug-likeness (QED) is 0.733. The minimum Gasteiger partial charge on any atom is -0.467 e. The zero-order valence-electron chi connectivity index (χ0n) is 16.4. The normalized spacial score (nSPS) is 20.3. The number of nitrogens with zero attached hydrogens (tertiary/aromatic N) is 1. The molecule has 1 heterocycles. The number of rotatable bonds is 4. The topological polar surface area (TPSA) is 63.7 Å². The van der Waals surface area contributed by atoms with E-state index in [1.165, 1.54) is 30.2 Å². The number of ketones is 1. The van der Waals surface area contributed by atoms with Crippen molar-refractivity contribution in [1.29, 1.82) is 0 Å². The zero-order valence-corrected chi connectivity index (χ0v) is 16.4. The van der Waals surface area contributed by atoms with Crippen molar-refractivity contribution in [2.75, 3.05) is 13.7 Å². The van der Waals surface area contributed by atoms with Gasteiger partial charge in [0.25, 0.3) is 5.91 Å². The number of amides is 1. The van der Waals surface area contributed by atoms with Crippen molar-refractivity contribution in [2.45, 2.75) is 18.4 Å². The van der Waals surface area contributed by atoms with Gasteiger partial charge in [0.05, 0.1) is 7.11 Å². The molecule has 1 aliphatic heterocycles. The summed E-state index contributed by atoms with van der Waals surface area (Å²) in [7, 11) is 1.27. The van der Waals surface area contributed by atoms with Crippen LogP contribution < -0.4 is 0 Å². The Bertz CT molecular complexity index is 1070. The predicted molar refractivity (Wildman–Crippen MR) is 108 cm³/mol. The van der Waals surface area contributed by atoms with Gasteiger partial charge in [-0.1, -0.05) is 30.3 Å². The highest BCUT2D eigenvalue weighted by Crippen LogP contribution is 2.38. The molecule has 152 valence electrons. The Morgan fingerprint density at radius 3 is 2.43 bits per heavy atom. The van der Waals surface area contributed by atoms with Gasteiger partial charge in [-0.15, -0.1) is 0 Å². The average molecular weight is 405 g/mol. The van der Waals surface area contributed by atoms with E-state index in [2.05, 4.69) is 0 Å². The number of ether oxygens (including phenoxy) is 1. The minimum atomic E-state index is -1.45. The van der Waals surface area contributed by atoms with Gasteiger partial charge in [0, 0.05) is 24.9 Å². The molecule has 1 atom stereocenters. The molecule has 0 N–H and O–H groups in total. The van der Waals surface area contributed by atoms with Crippen molar-refractivity contribution in [3.8, 4) is 0 Å². The van der Waals surface area contributed by atoms with E-state index in [-0.39, 0.29) is 31.1 Å². The van der Waals surface area contributed by atoms with Gasteiger partial charge in [-0.25, -0.2) is 9.18 Å². The Hall–Kier alpha value is -3.54. The van der Waals surface area contributed by atoms with Crippen LogP contribution in [0, 0.1) is 5.82 Å². The van der Waals surface area contributed by atoms with Crippen molar-refractivity contribution in [3.05, 3.63) is 94.8 Å². The summed E-state index contributed by atoms with van der Waals surface area (Å²) in [5.41, 5.74) is 1.09. The number of methoxy groups -OCH3 is 1. The van der Waals surface area contributed by atoms with E-state index in [9.17, 15) is 18.8 Å². The lowest BCUT2D eigenvalue weighted by Gasteiger charge is -2.43. The summed E-state index contributed by atoms with van der Waals surface area (Å²) in [5, 5.41) is 0. The molecule has 0 aromatic heterocycles. The molecule has 0 fully saturated rings. The lowest BCUT2D eigenvalue weighted by molar-refractivity contribution is -0.150. The lowest BCUT2D eigenvalue weighted by Crippen LogP contribution is -2.60. The Balaban J connectivity index is 1.86. The number of halogens is 1. The maximum absolute atomic E-state index is 13.5. The van der Waals surface area contributed by atoms with Gasteiger partial charge >= 0.3 is 5.97 Å². The van der Waals surface area contributed by atoms with Gasteiger partial charge in [0.15, 0.2) is 11.3 Å². The first kappa shape index (κ1) is 19.8. The first-order valence-corrected chi connectivity index (χ1v) is 9.58. The molecule has 0 saturated carbocycles. The van der Waals surface area contributed by atoms with E-state index in [1.54, 1.807) is 48.5 Å². The van der Waals surface area contributed by atoms with Crippen LogP contribution in [0.5, 0.6) is 0 Å². The molecule has 1 aliphatic carbocycles. The fraction of sp³-hybridized carbons (Fsp3) is 0.208. The van der Waals surface area contributed by atoms with Crippen LogP contribution in [-0.4, -0.2) is 41.8 Å². The molecule has 2 aliphatic rings. The number of hydrogen-bond donors (Lipinski definition) is 0. The Morgan fingerprint density at radius 1 is 1.07 bits per heavy atom. The highest BCUT2D eigenvalue weighted by atomic mass is 19.1. The summed E-state index contributed by atoms with van der Waals surface area (Å²) in [6.07, 6.45) is 3.48. The second-order valence-electron chi connectivity index (χ2n) is 7.46. The van der Waals surface area contributed by atoms with E-state index in [4.69, 9.17) is 4.74 Å². The van der Waals surface area contributed by atoms with Gasteiger partial charge in [0.1, 0.15) is 5.82 Å². The fourth-order valence-corrected chi connectivity index (χ4v) is 4.08. The van der Waals surface area contributed by atoms with Crippen molar-refractivity contribution in [3.63, 3.8) is 0 Å². The number of benzene rings is 2. The molecule has 2 aromatic carbocycles. The van der Waals surface area contributed by atoms with E-state index < -0.39 is 17.3 Å². The minimum absolute atomic E-state index is 0.0641. The highest BCUT2D eigenvalue weighted by molar-refractivity contribution is 6.03. The van der Waals surface area contributed by atoms with Crippen LogP contribution >= 0.6 is 0 Å². The van der Waals surface area contributed by atoms with Crippen LogP contribution in [0.15, 0.2) is 77.9 Å². The van der Waals surface area contributed by atoms with Crippen molar-refractivity contribution in [2.24, 2.45) is 0 Å². The van der Waals surface area contributed by atoms with Crippen LogP contribution in [0.25, 0.3) is 0 Å². The van der Waals surface area contributed by atoms with Gasteiger partial charge in [0.2, 0.25) is 0 Å². The van der Waals surface area contributed by atoms with Crippen molar-refractivity contribution in [1.82, 2.24) is 4.90 Å².